The summed E-state index contributed by atoms with van der Waals surface area (Å²) < 4.78 is 0. The molecule has 4 heterocycles. The first-order valence-corrected chi connectivity index (χ1v) is 12.5. The molecule has 2 N–H and O–H groups in total. The number of rotatable bonds is 2. The van der Waals surface area contributed by atoms with Gasteiger partial charge in [-0.15, -0.1) is 0 Å². The zero-order chi connectivity index (χ0) is 24.2. The van der Waals surface area contributed by atoms with Gasteiger partial charge in [-0.25, -0.2) is 0 Å². The highest BCUT2D eigenvalue weighted by molar-refractivity contribution is 5.95. The second-order valence-electron chi connectivity index (χ2n) is 10.6. The number of piperazine rings is 1. The highest BCUT2D eigenvalue weighted by Crippen LogP contribution is 2.42. The average molecular weight is 469 g/mol. The zero-order valence-electron chi connectivity index (χ0n) is 20.4. The molecule has 6 rings (SSSR count). The van der Waals surface area contributed by atoms with Gasteiger partial charge in [0.15, 0.2) is 0 Å². The number of nitrogens with zero attached hydrogens (tertiary/aromatic N) is 5. The Morgan fingerprint density at radius 2 is 2.06 bits per heavy atom. The van der Waals surface area contributed by atoms with E-state index in [1.807, 2.05) is 19.1 Å². The maximum atomic E-state index is 10.7. The molecule has 0 unspecified atom stereocenters. The quantitative estimate of drug-likeness (QED) is 0.599. The molecule has 0 aliphatic carbocycles. The minimum absolute atomic E-state index is 0.332. The van der Waals surface area contributed by atoms with Crippen LogP contribution in [0.25, 0.3) is 10.9 Å². The lowest BCUT2D eigenvalue weighted by Crippen LogP contribution is -2.51. The third kappa shape index (κ3) is 3.92. The normalized spacial score (nSPS) is 26.8. The van der Waals surface area contributed by atoms with Crippen molar-refractivity contribution >= 4 is 22.3 Å². The van der Waals surface area contributed by atoms with E-state index in [-0.39, 0.29) is 0 Å². The van der Waals surface area contributed by atoms with E-state index >= 15 is 0 Å². The van der Waals surface area contributed by atoms with Gasteiger partial charge in [0.2, 0.25) is 0 Å². The Kier molecular flexibility index (Phi) is 5.41. The number of aliphatic hydroxyl groups is 1. The number of benzene rings is 2. The van der Waals surface area contributed by atoms with Crippen molar-refractivity contribution in [2.45, 2.75) is 38.1 Å². The molecule has 0 amide bonds. The smallest absolute Gasteiger partial charge is 0.101 e. The fraction of sp³-hybridized carbons (Fsp3) is 0.429. The van der Waals surface area contributed by atoms with Crippen molar-refractivity contribution in [1.29, 1.82) is 5.26 Å². The molecule has 2 aromatic carbocycles. The molecule has 3 aliphatic heterocycles. The fourth-order valence-corrected chi connectivity index (χ4v) is 6.17. The summed E-state index contributed by atoms with van der Waals surface area (Å²) in [6, 6.07) is 17.9. The van der Waals surface area contributed by atoms with Crippen LogP contribution in [0.1, 0.15) is 36.6 Å². The van der Waals surface area contributed by atoms with Crippen LogP contribution >= 0.6 is 0 Å². The molecule has 3 aliphatic rings. The number of hydrogen-bond donors (Lipinski definition) is 2. The third-order valence-corrected chi connectivity index (χ3v) is 7.85. The minimum Gasteiger partial charge on any atom is -0.387 e. The van der Waals surface area contributed by atoms with Crippen molar-refractivity contribution in [3.8, 4) is 6.07 Å². The van der Waals surface area contributed by atoms with Crippen LogP contribution in [0.4, 0.5) is 11.4 Å². The van der Waals surface area contributed by atoms with Gasteiger partial charge in [0.1, 0.15) is 6.07 Å². The van der Waals surface area contributed by atoms with Crippen LogP contribution in [-0.2, 0) is 6.54 Å². The Hall–Kier alpha value is -3.18. The van der Waals surface area contributed by atoms with E-state index in [0.29, 0.717) is 30.7 Å². The van der Waals surface area contributed by atoms with Crippen molar-refractivity contribution in [2.24, 2.45) is 0 Å². The summed E-state index contributed by atoms with van der Waals surface area (Å²) in [5.74, 6) is 0. The molecular formula is C28H32N6O. The molecule has 3 aromatic rings. The molecule has 35 heavy (non-hydrogen) atoms. The Morgan fingerprint density at radius 1 is 1.17 bits per heavy atom. The molecule has 0 saturated carbocycles. The fourth-order valence-electron chi connectivity index (χ4n) is 6.17. The van der Waals surface area contributed by atoms with Crippen molar-refractivity contribution in [3.05, 3.63) is 65.4 Å². The second-order valence-corrected chi connectivity index (χ2v) is 10.6. The maximum Gasteiger partial charge on any atom is 0.101 e. The number of anilines is 2. The number of hydrogen-bond acceptors (Lipinski definition) is 7. The van der Waals surface area contributed by atoms with Gasteiger partial charge in [-0.2, -0.15) is 5.26 Å². The molecule has 0 radical (unpaired) electrons. The van der Waals surface area contributed by atoms with Gasteiger partial charge in [-0.05, 0) is 61.4 Å². The highest BCUT2D eigenvalue weighted by atomic mass is 16.3. The van der Waals surface area contributed by atoms with Crippen LogP contribution in [-0.4, -0.2) is 65.9 Å². The van der Waals surface area contributed by atoms with Gasteiger partial charge in [0.05, 0.1) is 22.7 Å². The van der Waals surface area contributed by atoms with E-state index in [0.717, 1.165) is 49.3 Å². The highest BCUT2D eigenvalue weighted by Gasteiger charge is 2.39. The monoisotopic (exact) mass is 468 g/mol. The van der Waals surface area contributed by atoms with E-state index < -0.39 is 5.60 Å². The summed E-state index contributed by atoms with van der Waals surface area (Å²) in [6.07, 6.45) is 1.76. The summed E-state index contributed by atoms with van der Waals surface area (Å²) in [5, 5.41) is 24.6. The van der Waals surface area contributed by atoms with Crippen LogP contribution in [0.5, 0.6) is 0 Å². The van der Waals surface area contributed by atoms with Crippen LogP contribution in [0, 0.1) is 11.3 Å². The van der Waals surface area contributed by atoms with Crippen molar-refractivity contribution in [2.75, 3.05) is 49.1 Å². The first-order chi connectivity index (χ1) is 16.9. The number of pyridine rings is 1. The molecule has 2 fully saturated rings. The molecule has 2 saturated heterocycles. The van der Waals surface area contributed by atoms with Gasteiger partial charge in [-0.3, -0.25) is 9.88 Å². The number of nitriles is 1. The average Bonchev–Trinajstić information content (AvgIpc) is 3.13. The van der Waals surface area contributed by atoms with Crippen molar-refractivity contribution in [1.82, 2.24) is 15.2 Å². The van der Waals surface area contributed by atoms with Crippen molar-refractivity contribution in [3.63, 3.8) is 0 Å². The van der Waals surface area contributed by atoms with E-state index in [1.165, 1.54) is 16.8 Å². The Labute approximate surface area is 206 Å². The van der Waals surface area contributed by atoms with Gasteiger partial charge in [0.25, 0.3) is 0 Å². The summed E-state index contributed by atoms with van der Waals surface area (Å²) >= 11 is 0. The molecule has 7 nitrogen and oxygen atoms in total. The summed E-state index contributed by atoms with van der Waals surface area (Å²) in [5.41, 5.74) is 5.81. The molecule has 7 heteroatoms. The largest absolute Gasteiger partial charge is 0.387 e. The SMILES string of the molecule is C[C@@H]1CN(c2ccc(C#N)c3ncccc23)C[C@@H]2c3ccc(N4CCNC[C@](C)(O)C4)cc3CN12. The number of β-amino-alcohol motifs (C(OH)–C–C–N with tert-alkyl or cyclic N) is 1. The molecular weight excluding hydrogens is 436 g/mol. The van der Waals surface area contributed by atoms with Crippen LogP contribution < -0.4 is 15.1 Å². The summed E-state index contributed by atoms with van der Waals surface area (Å²) in [4.78, 5) is 11.9. The zero-order valence-corrected chi connectivity index (χ0v) is 20.4. The van der Waals surface area contributed by atoms with Crippen molar-refractivity contribution < 1.29 is 5.11 Å². The second kappa shape index (κ2) is 8.49. The van der Waals surface area contributed by atoms with E-state index in [4.69, 9.17) is 0 Å². The summed E-state index contributed by atoms with van der Waals surface area (Å²) in [6.45, 7) is 10.1. The molecule has 180 valence electrons. The topological polar surface area (TPSA) is 78.7 Å². The molecule has 0 bridgehead atoms. The Balaban J connectivity index is 1.31. The lowest BCUT2D eigenvalue weighted by atomic mass is 9.99. The Bertz CT molecular complexity index is 1310. The lowest BCUT2D eigenvalue weighted by Gasteiger charge is -2.44. The third-order valence-electron chi connectivity index (χ3n) is 7.85. The van der Waals surface area contributed by atoms with Gasteiger partial charge < -0.3 is 20.2 Å². The first kappa shape index (κ1) is 22.3. The Morgan fingerprint density at radius 3 is 2.91 bits per heavy atom. The number of aromatic nitrogens is 1. The predicted octanol–water partition coefficient (Wildman–Crippen LogP) is 3.03. The number of fused-ring (bicyclic) bond motifs is 4. The van der Waals surface area contributed by atoms with Crippen LogP contribution in [0.3, 0.4) is 0 Å². The van der Waals surface area contributed by atoms with Gasteiger partial charge in [0, 0.05) is 74.8 Å². The minimum atomic E-state index is -0.735. The van der Waals surface area contributed by atoms with E-state index in [2.05, 4.69) is 68.3 Å². The maximum absolute atomic E-state index is 10.7. The van der Waals surface area contributed by atoms with Crippen LogP contribution in [0.2, 0.25) is 0 Å². The predicted molar refractivity (Wildman–Crippen MR) is 139 cm³/mol. The van der Waals surface area contributed by atoms with Crippen LogP contribution in [0.15, 0.2) is 48.7 Å². The molecule has 3 atom stereocenters. The van der Waals surface area contributed by atoms with Gasteiger partial charge in [-0.1, -0.05) is 6.07 Å². The lowest BCUT2D eigenvalue weighted by molar-refractivity contribution is 0.0729. The standard InChI is InChI=1S/C28H32N6O/c1-19-14-33(25-8-5-20(13-29)27-24(25)4-3-9-31-27)16-26-23-7-6-22(12-21(23)15-34(19)26)32-11-10-30-17-28(2,35)18-32/h3-9,12,19,26,30,35H,10-11,14-18H2,1-2H3/t19-,26-,28+/m1/s1. The van der Waals surface area contributed by atoms with Gasteiger partial charge >= 0.3 is 0 Å². The van der Waals surface area contributed by atoms with E-state index in [1.54, 1.807) is 6.20 Å². The molecule has 1 aromatic heterocycles. The first-order valence-electron chi connectivity index (χ1n) is 12.5. The van der Waals surface area contributed by atoms with E-state index in [9.17, 15) is 10.4 Å². The number of nitrogens with one attached hydrogen (secondary N) is 1. The molecule has 0 spiro atoms. The summed E-state index contributed by atoms with van der Waals surface area (Å²) in [7, 11) is 0.